The van der Waals surface area contributed by atoms with E-state index >= 15 is 0 Å². The van der Waals surface area contributed by atoms with Crippen molar-refractivity contribution in [3.63, 3.8) is 0 Å². The smallest absolute Gasteiger partial charge is 0.323 e. The lowest BCUT2D eigenvalue weighted by Gasteiger charge is -2.30. The van der Waals surface area contributed by atoms with E-state index in [9.17, 15) is 13.2 Å². The fourth-order valence-electron chi connectivity index (χ4n) is 2.28. The molecule has 0 saturated carbocycles. The van der Waals surface area contributed by atoms with E-state index in [0.29, 0.717) is 25.4 Å². The standard InChI is InChI=1S/C12H24N2O4S/c1-3-8-14(9-11-4-6-13-7-5-11)19(17,18)10(2)12(15)16/h10-11,13H,3-9H2,1-2H3,(H,15,16). The molecule has 112 valence electrons. The first-order valence-electron chi connectivity index (χ1n) is 6.82. The largest absolute Gasteiger partial charge is 0.480 e. The first kappa shape index (κ1) is 16.4. The van der Waals surface area contributed by atoms with Crippen LogP contribution in [0, 0.1) is 5.92 Å². The topological polar surface area (TPSA) is 86.7 Å². The Bertz CT molecular complexity index is 391. The van der Waals surface area contributed by atoms with Crippen molar-refractivity contribution in [3.05, 3.63) is 0 Å². The van der Waals surface area contributed by atoms with Gasteiger partial charge >= 0.3 is 5.97 Å². The third-order valence-electron chi connectivity index (χ3n) is 3.55. The van der Waals surface area contributed by atoms with Crippen molar-refractivity contribution >= 4 is 16.0 Å². The monoisotopic (exact) mass is 292 g/mol. The first-order chi connectivity index (χ1) is 8.89. The van der Waals surface area contributed by atoms with Crippen LogP contribution in [-0.2, 0) is 14.8 Å². The zero-order valence-corrected chi connectivity index (χ0v) is 12.4. The van der Waals surface area contributed by atoms with Gasteiger partial charge in [-0.3, -0.25) is 4.79 Å². The fourth-order valence-corrected chi connectivity index (χ4v) is 3.83. The fraction of sp³-hybridized carbons (Fsp3) is 0.917. The average Bonchev–Trinajstić information content (AvgIpc) is 2.38. The van der Waals surface area contributed by atoms with Gasteiger partial charge in [-0.1, -0.05) is 6.92 Å². The molecule has 1 atom stereocenters. The van der Waals surface area contributed by atoms with Gasteiger partial charge in [-0.05, 0) is 45.2 Å². The molecule has 0 bridgehead atoms. The molecule has 19 heavy (non-hydrogen) atoms. The quantitative estimate of drug-likeness (QED) is 0.713. The summed E-state index contributed by atoms with van der Waals surface area (Å²) in [7, 11) is -3.75. The Morgan fingerprint density at radius 2 is 2.00 bits per heavy atom. The van der Waals surface area contributed by atoms with E-state index in [1.165, 1.54) is 11.2 Å². The van der Waals surface area contributed by atoms with Gasteiger partial charge in [0.1, 0.15) is 0 Å². The van der Waals surface area contributed by atoms with E-state index in [0.717, 1.165) is 25.9 Å². The van der Waals surface area contributed by atoms with Gasteiger partial charge in [-0.2, -0.15) is 0 Å². The lowest BCUT2D eigenvalue weighted by atomic mass is 9.98. The molecule has 1 rings (SSSR count). The van der Waals surface area contributed by atoms with Crippen LogP contribution in [0.4, 0.5) is 0 Å². The van der Waals surface area contributed by atoms with Crippen LogP contribution >= 0.6 is 0 Å². The third kappa shape index (κ3) is 4.43. The highest BCUT2D eigenvalue weighted by Gasteiger charge is 2.34. The number of nitrogens with one attached hydrogen (secondary N) is 1. The van der Waals surface area contributed by atoms with Crippen molar-refractivity contribution in [2.45, 2.75) is 38.4 Å². The summed E-state index contributed by atoms with van der Waals surface area (Å²) in [5.74, 6) is -0.963. The number of hydrogen-bond acceptors (Lipinski definition) is 4. The second kappa shape index (κ2) is 7.21. The lowest BCUT2D eigenvalue weighted by Crippen LogP contribution is -2.45. The molecule has 0 aliphatic carbocycles. The molecule has 1 fully saturated rings. The zero-order chi connectivity index (χ0) is 14.5. The summed E-state index contributed by atoms with van der Waals surface area (Å²) >= 11 is 0. The normalized spacial score (nSPS) is 19.5. The molecule has 0 amide bonds. The highest BCUT2D eigenvalue weighted by molar-refractivity contribution is 7.90. The third-order valence-corrected chi connectivity index (χ3v) is 5.69. The predicted octanol–water partition coefficient (Wildman–Crippen LogP) is 0.501. The minimum Gasteiger partial charge on any atom is -0.480 e. The second-order valence-corrected chi connectivity index (χ2v) is 7.33. The van der Waals surface area contributed by atoms with E-state index in [2.05, 4.69) is 5.32 Å². The van der Waals surface area contributed by atoms with Gasteiger partial charge in [0.15, 0.2) is 5.25 Å². The number of carbonyl (C=O) groups is 1. The number of rotatable bonds is 7. The maximum atomic E-state index is 12.3. The minimum atomic E-state index is -3.75. The minimum absolute atomic E-state index is 0.323. The molecule has 0 spiro atoms. The molecule has 1 aliphatic heterocycles. The number of nitrogens with zero attached hydrogens (tertiary/aromatic N) is 1. The maximum absolute atomic E-state index is 12.3. The highest BCUT2D eigenvalue weighted by Crippen LogP contribution is 2.18. The Morgan fingerprint density at radius 3 is 2.47 bits per heavy atom. The predicted molar refractivity (Wildman–Crippen MR) is 73.5 cm³/mol. The molecule has 1 aliphatic rings. The molecule has 0 aromatic carbocycles. The van der Waals surface area contributed by atoms with Crippen molar-refractivity contribution < 1.29 is 18.3 Å². The Hall–Kier alpha value is -0.660. The number of hydrogen-bond donors (Lipinski definition) is 2. The number of aliphatic carboxylic acids is 1. The number of sulfonamides is 1. The number of piperidine rings is 1. The molecule has 0 aromatic rings. The molecule has 1 saturated heterocycles. The second-order valence-electron chi connectivity index (χ2n) is 5.08. The van der Waals surface area contributed by atoms with Crippen LogP contribution in [0.15, 0.2) is 0 Å². The Balaban J connectivity index is 2.77. The van der Waals surface area contributed by atoms with Crippen LogP contribution in [0.3, 0.4) is 0 Å². The van der Waals surface area contributed by atoms with Gasteiger partial charge in [0.05, 0.1) is 0 Å². The Kier molecular flexibility index (Phi) is 6.22. The Labute approximate surface area is 115 Å². The molecule has 6 nitrogen and oxygen atoms in total. The molecule has 7 heteroatoms. The van der Waals surface area contributed by atoms with Crippen LogP contribution in [0.1, 0.15) is 33.1 Å². The van der Waals surface area contributed by atoms with Crippen LogP contribution in [0.25, 0.3) is 0 Å². The van der Waals surface area contributed by atoms with Crippen LogP contribution in [-0.4, -0.2) is 55.2 Å². The zero-order valence-electron chi connectivity index (χ0n) is 11.6. The summed E-state index contributed by atoms with van der Waals surface area (Å²) < 4.78 is 25.9. The molecular weight excluding hydrogens is 268 g/mol. The van der Waals surface area contributed by atoms with Gasteiger partial charge in [-0.15, -0.1) is 0 Å². The SMILES string of the molecule is CCCN(CC1CCNCC1)S(=O)(=O)C(C)C(=O)O. The van der Waals surface area contributed by atoms with Crippen LogP contribution in [0.2, 0.25) is 0 Å². The summed E-state index contributed by atoms with van der Waals surface area (Å²) in [6.07, 6.45) is 2.57. The van der Waals surface area contributed by atoms with Gasteiger partial charge in [0.2, 0.25) is 10.0 Å². The van der Waals surface area contributed by atoms with Gasteiger partial charge in [0.25, 0.3) is 0 Å². The van der Waals surface area contributed by atoms with Crippen LogP contribution < -0.4 is 5.32 Å². The molecule has 0 radical (unpaired) electrons. The molecule has 1 heterocycles. The van der Waals surface area contributed by atoms with E-state index < -0.39 is 21.2 Å². The summed E-state index contributed by atoms with van der Waals surface area (Å²) in [6.45, 7) is 5.77. The highest BCUT2D eigenvalue weighted by atomic mass is 32.2. The maximum Gasteiger partial charge on any atom is 0.323 e. The molecular formula is C12H24N2O4S. The van der Waals surface area contributed by atoms with Crippen molar-refractivity contribution in [2.75, 3.05) is 26.2 Å². The summed E-state index contributed by atoms with van der Waals surface area (Å²) in [5, 5.41) is 10.8. The van der Waals surface area contributed by atoms with E-state index in [1.807, 2.05) is 6.92 Å². The molecule has 0 aromatic heterocycles. The van der Waals surface area contributed by atoms with Crippen molar-refractivity contribution in [2.24, 2.45) is 5.92 Å². The van der Waals surface area contributed by atoms with Gasteiger partial charge < -0.3 is 10.4 Å². The molecule has 2 N–H and O–H groups in total. The van der Waals surface area contributed by atoms with Gasteiger partial charge in [0, 0.05) is 13.1 Å². The first-order valence-corrected chi connectivity index (χ1v) is 8.32. The van der Waals surface area contributed by atoms with E-state index in [4.69, 9.17) is 5.11 Å². The molecule has 1 unspecified atom stereocenters. The van der Waals surface area contributed by atoms with Crippen molar-refractivity contribution in [1.29, 1.82) is 0 Å². The summed E-state index contributed by atoms with van der Waals surface area (Å²) in [4.78, 5) is 10.9. The van der Waals surface area contributed by atoms with Crippen molar-refractivity contribution in [3.8, 4) is 0 Å². The summed E-state index contributed by atoms with van der Waals surface area (Å²) in [5.41, 5.74) is 0. The average molecular weight is 292 g/mol. The number of carboxylic acid groups (broad SMARTS) is 1. The Morgan fingerprint density at radius 1 is 1.42 bits per heavy atom. The van der Waals surface area contributed by atoms with Crippen molar-refractivity contribution in [1.82, 2.24) is 9.62 Å². The van der Waals surface area contributed by atoms with Crippen LogP contribution in [0.5, 0.6) is 0 Å². The lowest BCUT2D eigenvalue weighted by molar-refractivity contribution is -0.136. The number of carboxylic acids is 1. The van der Waals surface area contributed by atoms with Gasteiger partial charge in [-0.25, -0.2) is 12.7 Å². The van der Waals surface area contributed by atoms with E-state index in [1.54, 1.807) is 0 Å². The van der Waals surface area contributed by atoms with E-state index in [-0.39, 0.29) is 0 Å². The summed E-state index contributed by atoms with van der Waals surface area (Å²) in [6, 6.07) is 0.